The van der Waals surface area contributed by atoms with Gasteiger partial charge in [0.05, 0.1) is 0 Å². The van der Waals surface area contributed by atoms with Gasteiger partial charge in [0.1, 0.15) is 6.04 Å². The van der Waals surface area contributed by atoms with Crippen LogP contribution in [-0.4, -0.2) is 35.3 Å². The third-order valence-electron chi connectivity index (χ3n) is 5.71. The van der Waals surface area contributed by atoms with Crippen LogP contribution < -0.4 is 5.32 Å². The van der Waals surface area contributed by atoms with E-state index in [0.717, 1.165) is 24.8 Å². The molecule has 0 fully saturated rings. The van der Waals surface area contributed by atoms with E-state index in [0.29, 0.717) is 19.4 Å². The molecule has 0 aromatic heterocycles. The number of aryl methyl sites for hydroxylation is 2. The molecule has 0 heterocycles. The minimum atomic E-state index is -0.488. The molecule has 2 amide bonds. The molecule has 2 aromatic rings. The van der Waals surface area contributed by atoms with E-state index in [1.54, 1.807) is 4.90 Å². The molecule has 0 aliphatic carbocycles. The summed E-state index contributed by atoms with van der Waals surface area (Å²) in [6, 6.07) is 18.1. The third kappa shape index (κ3) is 7.33. The van der Waals surface area contributed by atoms with Crippen LogP contribution in [0.4, 0.5) is 0 Å². The van der Waals surface area contributed by atoms with Gasteiger partial charge in [0.2, 0.25) is 11.8 Å². The van der Waals surface area contributed by atoms with Gasteiger partial charge in [-0.15, -0.1) is 0 Å². The van der Waals surface area contributed by atoms with Gasteiger partial charge in [0, 0.05) is 19.0 Å². The molecule has 2 rings (SSSR count). The van der Waals surface area contributed by atoms with Gasteiger partial charge in [-0.1, -0.05) is 68.4 Å². The number of hydrogen-bond acceptors (Lipinski definition) is 2. The summed E-state index contributed by atoms with van der Waals surface area (Å²) in [5.41, 5.74) is 3.62. The van der Waals surface area contributed by atoms with E-state index >= 15 is 0 Å². The van der Waals surface area contributed by atoms with Crippen molar-refractivity contribution in [2.45, 2.75) is 71.9 Å². The van der Waals surface area contributed by atoms with Crippen molar-refractivity contribution in [2.75, 3.05) is 6.54 Å². The lowest BCUT2D eigenvalue weighted by atomic mass is 10.0. The Morgan fingerprint density at radius 2 is 1.47 bits per heavy atom. The van der Waals surface area contributed by atoms with Crippen molar-refractivity contribution < 1.29 is 9.59 Å². The van der Waals surface area contributed by atoms with E-state index in [-0.39, 0.29) is 17.9 Å². The van der Waals surface area contributed by atoms with Gasteiger partial charge in [0.25, 0.3) is 0 Å². The monoisotopic (exact) mass is 408 g/mol. The van der Waals surface area contributed by atoms with Crippen LogP contribution in [0.2, 0.25) is 0 Å². The molecule has 2 atom stereocenters. The summed E-state index contributed by atoms with van der Waals surface area (Å²) in [4.78, 5) is 27.6. The largest absolute Gasteiger partial charge is 0.352 e. The van der Waals surface area contributed by atoms with Crippen LogP contribution in [0.1, 0.15) is 57.2 Å². The zero-order valence-electron chi connectivity index (χ0n) is 18.9. The predicted molar refractivity (Wildman–Crippen MR) is 123 cm³/mol. The minimum Gasteiger partial charge on any atom is -0.352 e. The molecule has 4 nitrogen and oxygen atoms in total. The molecule has 0 spiro atoms. The number of rotatable bonds is 11. The first kappa shape index (κ1) is 23.7. The summed E-state index contributed by atoms with van der Waals surface area (Å²) in [6.07, 6.45) is 3.70. The maximum atomic E-state index is 13.1. The SMILES string of the molecule is CCc1ccc(CCC(=O)N(CCc2ccccc2)[C@H](C)C(=O)N[C@@H](C)CC)cc1. The zero-order chi connectivity index (χ0) is 21.9. The summed E-state index contributed by atoms with van der Waals surface area (Å²) in [6.45, 7) is 8.52. The molecule has 4 heteroatoms. The van der Waals surface area contributed by atoms with E-state index in [1.165, 1.54) is 11.1 Å². The minimum absolute atomic E-state index is 0.0253. The fourth-order valence-corrected chi connectivity index (χ4v) is 3.37. The highest BCUT2D eigenvalue weighted by Gasteiger charge is 2.26. The molecule has 0 aliphatic heterocycles. The molecule has 0 saturated heterocycles. The lowest BCUT2D eigenvalue weighted by Crippen LogP contribution is -2.50. The lowest BCUT2D eigenvalue weighted by molar-refractivity contribution is -0.140. The number of hydrogen-bond donors (Lipinski definition) is 1. The van der Waals surface area contributed by atoms with Crippen molar-refractivity contribution >= 4 is 11.8 Å². The van der Waals surface area contributed by atoms with Crippen molar-refractivity contribution in [3.8, 4) is 0 Å². The summed E-state index contributed by atoms with van der Waals surface area (Å²) in [5, 5.41) is 3.02. The van der Waals surface area contributed by atoms with Crippen LogP contribution >= 0.6 is 0 Å². The highest BCUT2D eigenvalue weighted by molar-refractivity contribution is 5.87. The lowest BCUT2D eigenvalue weighted by Gasteiger charge is -2.29. The molecule has 0 saturated carbocycles. The average Bonchev–Trinajstić information content (AvgIpc) is 2.78. The zero-order valence-corrected chi connectivity index (χ0v) is 18.9. The Bertz CT molecular complexity index is 786. The first-order valence-corrected chi connectivity index (χ1v) is 11.2. The Balaban J connectivity index is 2.05. The van der Waals surface area contributed by atoms with Gasteiger partial charge >= 0.3 is 0 Å². The van der Waals surface area contributed by atoms with Gasteiger partial charge in [-0.05, 0) is 56.2 Å². The second-order valence-corrected chi connectivity index (χ2v) is 7.99. The summed E-state index contributed by atoms with van der Waals surface area (Å²) in [5.74, 6) is -0.0599. The standard InChI is InChI=1S/C26H36N2O2/c1-5-20(3)27-26(30)21(4)28(19-18-23-10-8-7-9-11-23)25(29)17-16-24-14-12-22(6-2)13-15-24/h7-15,20-21H,5-6,16-19H2,1-4H3,(H,27,30)/t20-,21+/m0/s1. The van der Waals surface area contributed by atoms with Crippen molar-refractivity contribution in [3.63, 3.8) is 0 Å². The molecule has 2 aromatic carbocycles. The fourth-order valence-electron chi connectivity index (χ4n) is 3.37. The number of nitrogens with one attached hydrogen (secondary N) is 1. The quantitative estimate of drug-likeness (QED) is 0.593. The maximum absolute atomic E-state index is 13.1. The molecule has 1 N–H and O–H groups in total. The van der Waals surface area contributed by atoms with E-state index in [2.05, 4.69) is 48.6 Å². The van der Waals surface area contributed by atoms with Crippen LogP contribution in [0.15, 0.2) is 54.6 Å². The summed E-state index contributed by atoms with van der Waals surface area (Å²) >= 11 is 0. The summed E-state index contributed by atoms with van der Waals surface area (Å²) < 4.78 is 0. The number of benzene rings is 2. The van der Waals surface area contributed by atoms with Gasteiger partial charge in [-0.3, -0.25) is 9.59 Å². The second-order valence-electron chi connectivity index (χ2n) is 7.99. The highest BCUT2D eigenvalue weighted by Crippen LogP contribution is 2.12. The third-order valence-corrected chi connectivity index (χ3v) is 5.71. The predicted octanol–water partition coefficient (Wildman–Crippen LogP) is 4.56. The van der Waals surface area contributed by atoms with Crippen LogP contribution in [0, 0.1) is 0 Å². The average molecular weight is 409 g/mol. The molecule has 162 valence electrons. The van der Waals surface area contributed by atoms with Crippen LogP contribution in [0.25, 0.3) is 0 Å². The van der Waals surface area contributed by atoms with Crippen LogP contribution in [0.3, 0.4) is 0 Å². The van der Waals surface area contributed by atoms with E-state index in [1.807, 2.05) is 39.0 Å². The normalized spacial score (nSPS) is 12.8. The molecule has 0 radical (unpaired) electrons. The molecule has 0 bridgehead atoms. The first-order valence-electron chi connectivity index (χ1n) is 11.2. The van der Waals surface area contributed by atoms with Gasteiger partial charge in [-0.25, -0.2) is 0 Å². The molecule has 0 aliphatic rings. The van der Waals surface area contributed by atoms with E-state index in [9.17, 15) is 9.59 Å². The fraction of sp³-hybridized carbons (Fsp3) is 0.462. The Morgan fingerprint density at radius 3 is 2.07 bits per heavy atom. The Kier molecular flexibility index (Phi) is 9.59. The van der Waals surface area contributed by atoms with Crippen molar-refractivity contribution in [2.24, 2.45) is 0 Å². The number of carbonyl (C=O) groups excluding carboxylic acids is 2. The first-order chi connectivity index (χ1) is 14.4. The smallest absolute Gasteiger partial charge is 0.242 e. The Labute approximate surface area is 181 Å². The number of nitrogens with zero attached hydrogens (tertiary/aromatic N) is 1. The van der Waals surface area contributed by atoms with E-state index in [4.69, 9.17) is 0 Å². The molecule has 0 unspecified atom stereocenters. The Hall–Kier alpha value is -2.62. The summed E-state index contributed by atoms with van der Waals surface area (Å²) in [7, 11) is 0. The topological polar surface area (TPSA) is 49.4 Å². The second kappa shape index (κ2) is 12.2. The highest BCUT2D eigenvalue weighted by atomic mass is 16.2. The Morgan fingerprint density at radius 1 is 0.867 bits per heavy atom. The van der Waals surface area contributed by atoms with Crippen molar-refractivity contribution in [1.82, 2.24) is 10.2 Å². The maximum Gasteiger partial charge on any atom is 0.242 e. The van der Waals surface area contributed by atoms with Crippen molar-refractivity contribution in [3.05, 3.63) is 71.3 Å². The van der Waals surface area contributed by atoms with Gasteiger partial charge in [-0.2, -0.15) is 0 Å². The van der Waals surface area contributed by atoms with Gasteiger partial charge in [0.15, 0.2) is 0 Å². The number of carbonyl (C=O) groups is 2. The molecular weight excluding hydrogens is 372 g/mol. The van der Waals surface area contributed by atoms with Gasteiger partial charge < -0.3 is 10.2 Å². The van der Waals surface area contributed by atoms with E-state index < -0.39 is 6.04 Å². The molecule has 30 heavy (non-hydrogen) atoms. The van der Waals surface area contributed by atoms with Crippen LogP contribution in [0.5, 0.6) is 0 Å². The molecular formula is C26H36N2O2. The number of amides is 2. The van der Waals surface area contributed by atoms with Crippen molar-refractivity contribution in [1.29, 1.82) is 0 Å². The van der Waals surface area contributed by atoms with Crippen LogP contribution in [-0.2, 0) is 28.9 Å².